The van der Waals surface area contributed by atoms with E-state index in [0.717, 1.165) is 4.83 Å². The molecule has 2 heterocycles. The summed E-state index contributed by atoms with van der Waals surface area (Å²) in [7, 11) is 0. The molecule has 2 aromatic rings. The fourth-order valence-corrected chi connectivity index (χ4v) is 1.79. The summed E-state index contributed by atoms with van der Waals surface area (Å²) in [5, 5.41) is 1.22. The van der Waals surface area contributed by atoms with E-state index in [0.29, 0.717) is 0 Å². The van der Waals surface area contributed by atoms with Crippen LogP contribution in [0.25, 0.3) is 10.2 Å². The number of aryl methyl sites for hydroxylation is 1. The van der Waals surface area contributed by atoms with Crippen molar-refractivity contribution in [3.8, 4) is 0 Å². The van der Waals surface area contributed by atoms with Gasteiger partial charge in [-0.25, -0.2) is 0 Å². The average Bonchev–Trinajstić information content (AvgIpc) is 2.27. The van der Waals surface area contributed by atoms with Gasteiger partial charge in [-0.2, -0.15) is 23.5 Å². The smallest absolute Gasteiger partial charge is 0.00933 e. The molecule has 0 saturated carbocycles. The number of hydrogen-bond donors (Lipinski definition) is 0. The molecular formula is C8H6NSY-. The molecule has 53 valence electrons. The maximum Gasteiger partial charge on any atom is 0.00933 e. The Hall–Kier alpha value is 0.214. The topological polar surface area (TPSA) is 12.9 Å². The number of hydrogen-bond acceptors (Lipinski definition) is 2. The third kappa shape index (κ3) is 1.87. The first-order valence-electron chi connectivity index (χ1n) is 3.09. The van der Waals surface area contributed by atoms with Crippen molar-refractivity contribution in [2.24, 2.45) is 0 Å². The first kappa shape index (κ1) is 9.30. The van der Waals surface area contributed by atoms with Crippen LogP contribution in [-0.4, -0.2) is 4.98 Å². The van der Waals surface area contributed by atoms with Crippen molar-refractivity contribution in [2.75, 3.05) is 0 Å². The van der Waals surface area contributed by atoms with E-state index in [2.05, 4.69) is 24.2 Å². The Balaban J connectivity index is 0.000000605. The Morgan fingerprint density at radius 3 is 3.09 bits per heavy atom. The fourth-order valence-electron chi connectivity index (χ4n) is 0.951. The number of thiophene rings is 1. The van der Waals surface area contributed by atoms with Gasteiger partial charge in [0, 0.05) is 37.5 Å². The standard InChI is InChI=1S/C8H6NS.Y/c1-6-5-7-3-2-4-9-8(7)10-6;/h2-3,5H,1H3;/q-1;. The van der Waals surface area contributed by atoms with Gasteiger partial charge in [0.05, 0.1) is 0 Å². The van der Waals surface area contributed by atoms with Crippen LogP contribution in [0.15, 0.2) is 18.2 Å². The molecule has 1 radical (unpaired) electrons. The SMILES string of the molecule is Cc1cc2cc[c-]nc2s1.[Y]. The summed E-state index contributed by atoms with van der Waals surface area (Å²) in [6, 6.07) is 6.02. The van der Waals surface area contributed by atoms with Crippen molar-refractivity contribution in [1.82, 2.24) is 4.98 Å². The minimum atomic E-state index is 0. The zero-order chi connectivity index (χ0) is 6.97. The van der Waals surface area contributed by atoms with Gasteiger partial charge in [-0.1, -0.05) is 17.6 Å². The van der Waals surface area contributed by atoms with Crippen LogP contribution < -0.4 is 0 Å². The van der Waals surface area contributed by atoms with Gasteiger partial charge in [0.25, 0.3) is 0 Å². The molecule has 0 saturated heterocycles. The first-order chi connectivity index (χ1) is 4.86. The van der Waals surface area contributed by atoms with Crippen molar-refractivity contribution < 1.29 is 32.7 Å². The largest absolute Gasteiger partial charge is 0.376 e. The van der Waals surface area contributed by atoms with Gasteiger partial charge in [-0.15, -0.1) is 0 Å². The average molecular weight is 237 g/mol. The molecule has 1 nitrogen and oxygen atoms in total. The summed E-state index contributed by atoms with van der Waals surface area (Å²) < 4.78 is 0. The van der Waals surface area contributed by atoms with Crippen molar-refractivity contribution in [2.45, 2.75) is 6.92 Å². The van der Waals surface area contributed by atoms with Crippen LogP contribution in [0.2, 0.25) is 0 Å². The van der Waals surface area contributed by atoms with Crippen LogP contribution >= 0.6 is 11.3 Å². The van der Waals surface area contributed by atoms with Crippen LogP contribution in [0.5, 0.6) is 0 Å². The molecule has 0 aromatic carbocycles. The Labute approximate surface area is 94.7 Å². The van der Waals surface area contributed by atoms with Gasteiger partial charge in [0.15, 0.2) is 0 Å². The molecule has 0 aliphatic carbocycles. The van der Waals surface area contributed by atoms with Crippen LogP contribution in [0, 0.1) is 13.1 Å². The molecule has 0 spiro atoms. The zero-order valence-corrected chi connectivity index (χ0v) is 9.82. The van der Waals surface area contributed by atoms with E-state index in [4.69, 9.17) is 0 Å². The van der Waals surface area contributed by atoms with Gasteiger partial charge in [-0.05, 0) is 11.8 Å². The molecule has 3 heteroatoms. The molecule has 2 rings (SSSR count). The van der Waals surface area contributed by atoms with Gasteiger partial charge < -0.3 is 4.98 Å². The Morgan fingerprint density at radius 1 is 1.55 bits per heavy atom. The minimum Gasteiger partial charge on any atom is -0.376 e. The zero-order valence-electron chi connectivity index (χ0n) is 6.16. The molecule has 2 aromatic heterocycles. The van der Waals surface area contributed by atoms with E-state index in [-0.39, 0.29) is 32.7 Å². The molecule has 11 heavy (non-hydrogen) atoms. The van der Waals surface area contributed by atoms with E-state index in [1.165, 1.54) is 10.3 Å². The van der Waals surface area contributed by atoms with Gasteiger partial charge in [0.2, 0.25) is 0 Å². The van der Waals surface area contributed by atoms with Gasteiger partial charge in [-0.3, -0.25) is 0 Å². The Morgan fingerprint density at radius 2 is 2.36 bits per heavy atom. The summed E-state index contributed by atoms with van der Waals surface area (Å²) in [6.45, 7) is 2.09. The fraction of sp³-hybridized carbons (Fsp3) is 0.125. The van der Waals surface area contributed by atoms with E-state index in [1.54, 1.807) is 11.3 Å². The van der Waals surface area contributed by atoms with Crippen LogP contribution in [-0.2, 0) is 32.7 Å². The maximum atomic E-state index is 4.10. The van der Waals surface area contributed by atoms with Crippen LogP contribution in [0.4, 0.5) is 0 Å². The third-order valence-electron chi connectivity index (χ3n) is 1.37. The number of pyridine rings is 1. The second-order valence-corrected chi connectivity index (χ2v) is 3.43. The molecule has 0 atom stereocenters. The normalized spacial score (nSPS) is 9.55. The predicted octanol–water partition coefficient (Wildman–Crippen LogP) is 2.40. The van der Waals surface area contributed by atoms with Gasteiger partial charge >= 0.3 is 0 Å². The molecule has 0 fully saturated rings. The van der Waals surface area contributed by atoms with E-state index < -0.39 is 0 Å². The number of rotatable bonds is 0. The molecule has 0 N–H and O–H groups in total. The van der Waals surface area contributed by atoms with Crippen molar-refractivity contribution in [3.63, 3.8) is 0 Å². The minimum absolute atomic E-state index is 0. The number of fused-ring (bicyclic) bond motifs is 1. The molecule has 0 bridgehead atoms. The Bertz CT molecular complexity index is 323. The summed E-state index contributed by atoms with van der Waals surface area (Å²) in [4.78, 5) is 6.49. The monoisotopic (exact) mass is 237 g/mol. The molecule has 0 aliphatic heterocycles. The van der Waals surface area contributed by atoms with E-state index in [9.17, 15) is 0 Å². The van der Waals surface area contributed by atoms with E-state index >= 15 is 0 Å². The van der Waals surface area contributed by atoms with E-state index in [1.807, 2.05) is 12.1 Å². The quantitative estimate of drug-likeness (QED) is 0.641. The molecule has 0 unspecified atom stereocenters. The van der Waals surface area contributed by atoms with Crippen LogP contribution in [0.3, 0.4) is 0 Å². The van der Waals surface area contributed by atoms with Gasteiger partial charge in [0.1, 0.15) is 0 Å². The summed E-state index contributed by atoms with van der Waals surface area (Å²) in [6.07, 6.45) is 2.81. The number of aromatic nitrogens is 1. The number of nitrogens with zero attached hydrogens (tertiary/aromatic N) is 1. The molecule has 0 amide bonds. The summed E-state index contributed by atoms with van der Waals surface area (Å²) in [5.74, 6) is 0. The summed E-state index contributed by atoms with van der Waals surface area (Å²) in [5.41, 5.74) is 0. The molecular weight excluding hydrogens is 231 g/mol. The van der Waals surface area contributed by atoms with Crippen molar-refractivity contribution >= 4 is 21.6 Å². The maximum absolute atomic E-state index is 4.10. The van der Waals surface area contributed by atoms with Crippen LogP contribution in [0.1, 0.15) is 4.88 Å². The first-order valence-corrected chi connectivity index (χ1v) is 3.91. The summed E-state index contributed by atoms with van der Waals surface area (Å²) >= 11 is 1.71. The van der Waals surface area contributed by atoms with Crippen molar-refractivity contribution in [3.05, 3.63) is 29.3 Å². The predicted molar refractivity (Wildman–Crippen MR) is 43.2 cm³/mol. The molecule has 0 aliphatic rings. The second-order valence-electron chi connectivity index (χ2n) is 2.19. The van der Waals surface area contributed by atoms with Crippen molar-refractivity contribution in [1.29, 1.82) is 0 Å². The third-order valence-corrected chi connectivity index (χ3v) is 2.33. The Kier molecular flexibility index (Phi) is 3.17. The second kappa shape index (κ2) is 3.75.